The van der Waals surface area contributed by atoms with Crippen molar-refractivity contribution in [3.05, 3.63) is 48.6 Å². The lowest BCUT2D eigenvalue weighted by Gasteiger charge is -2.39. The molecule has 0 aromatic heterocycles. The lowest BCUT2D eigenvalue weighted by Crippen LogP contribution is -2.59. The van der Waals surface area contributed by atoms with Crippen molar-refractivity contribution in [3.63, 3.8) is 0 Å². The summed E-state index contributed by atoms with van der Waals surface area (Å²) in [5.41, 5.74) is 0. The standard InChI is InChI=1S/C45H78O10/c1-3-5-7-9-11-13-15-17-19-21-23-25-27-29-31-33-40(47)52-36-38(37-53-45-44(51)43(50)42(49)39(35-46)55-45)54-41(48)34-32-30-28-26-24-22-20-18-16-14-12-10-8-6-4-2/h6,8,12,14,17-20,38-39,42-46,49-51H,3-5,7,9-11,13,15-16,21-37H2,1-2H3/b8-6-,14-12-,19-17-,20-18-. The summed E-state index contributed by atoms with van der Waals surface area (Å²) in [4.78, 5) is 25.3. The predicted octanol–water partition coefficient (Wildman–Crippen LogP) is 8.88. The van der Waals surface area contributed by atoms with Crippen LogP contribution in [-0.2, 0) is 28.5 Å². The molecule has 1 aliphatic heterocycles. The molecule has 0 amide bonds. The highest BCUT2D eigenvalue weighted by Gasteiger charge is 2.44. The van der Waals surface area contributed by atoms with E-state index in [2.05, 4.69) is 62.5 Å². The van der Waals surface area contributed by atoms with Crippen LogP contribution in [0.3, 0.4) is 0 Å². The average Bonchev–Trinajstić information content (AvgIpc) is 3.18. The van der Waals surface area contributed by atoms with Gasteiger partial charge < -0.3 is 39.4 Å². The van der Waals surface area contributed by atoms with Crippen LogP contribution in [0.1, 0.15) is 168 Å². The number of rotatable bonds is 35. The van der Waals surface area contributed by atoms with Crippen LogP contribution in [0.15, 0.2) is 48.6 Å². The maximum absolute atomic E-state index is 12.7. The monoisotopic (exact) mass is 779 g/mol. The molecule has 0 saturated carbocycles. The van der Waals surface area contributed by atoms with Gasteiger partial charge >= 0.3 is 11.9 Å². The van der Waals surface area contributed by atoms with Crippen molar-refractivity contribution >= 4 is 11.9 Å². The van der Waals surface area contributed by atoms with Crippen LogP contribution in [0.5, 0.6) is 0 Å². The van der Waals surface area contributed by atoms with Crippen LogP contribution in [0.2, 0.25) is 0 Å². The Balaban J connectivity index is 2.37. The minimum Gasteiger partial charge on any atom is -0.462 e. The summed E-state index contributed by atoms with van der Waals surface area (Å²) < 4.78 is 22.1. The minimum absolute atomic E-state index is 0.207. The van der Waals surface area contributed by atoms with E-state index < -0.39 is 55.4 Å². The number of esters is 2. The highest BCUT2D eigenvalue weighted by molar-refractivity contribution is 5.70. The fourth-order valence-corrected chi connectivity index (χ4v) is 6.25. The fourth-order valence-electron chi connectivity index (χ4n) is 6.25. The van der Waals surface area contributed by atoms with E-state index in [-0.39, 0.29) is 26.1 Å². The number of hydrogen-bond donors (Lipinski definition) is 4. The Morgan fingerprint density at radius 3 is 1.64 bits per heavy atom. The average molecular weight is 779 g/mol. The molecule has 0 aromatic rings. The smallest absolute Gasteiger partial charge is 0.306 e. The van der Waals surface area contributed by atoms with E-state index in [9.17, 15) is 30.0 Å². The maximum Gasteiger partial charge on any atom is 0.306 e. The Bertz CT molecular complexity index is 1040. The van der Waals surface area contributed by atoms with Crippen LogP contribution < -0.4 is 0 Å². The lowest BCUT2D eigenvalue weighted by atomic mass is 9.99. The first-order chi connectivity index (χ1) is 26.8. The zero-order chi connectivity index (χ0) is 40.2. The van der Waals surface area contributed by atoms with Gasteiger partial charge in [0.25, 0.3) is 0 Å². The summed E-state index contributed by atoms with van der Waals surface area (Å²) in [6, 6.07) is 0. The quantitative estimate of drug-likeness (QED) is 0.0279. The van der Waals surface area contributed by atoms with E-state index >= 15 is 0 Å². The third-order valence-electron chi connectivity index (χ3n) is 9.70. The van der Waals surface area contributed by atoms with Gasteiger partial charge in [-0.2, -0.15) is 0 Å². The van der Waals surface area contributed by atoms with Gasteiger partial charge in [-0.3, -0.25) is 9.59 Å². The molecule has 318 valence electrons. The van der Waals surface area contributed by atoms with Crippen LogP contribution in [0, 0.1) is 0 Å². The maximum atomic E-state index is 12.7. The van der Waals surface area contributed by atoms with Crippen molar-refractivity contribution in [1.29, 1.82) is 0 Å². The van der Waals surface area contributed by atoms with Crippen molar-refractivity contribution in [2.24, 2.45) is 0 Å². The van der Waals surface area contributed by atoms with Gasteiger partial charge in [-0.1, -0.05) is 133 Å². The van der Waals surface area contributed by atoms with Crippen LogP contribution in [0.4, 0.5) is 0 Å². The van der Waals surface area contributed by atoms with Crippen LogP contribution in [0.25, 0.3) is 0 Å². The molecule has 6 unspecified atom stereocenters. The molecule has 1 fully saturated rings. The van der Waals surface area contributed by atoms with Crippen molar-refractivity contribution in [2.75, 3.05) is 19.8 Å². The van der Waals surface area contributed by atoms with E-state index in [0.29, 0.717) is 12.8 Å². The zero-order valence-electron chi connectivity index (χ0n) is 34.4. The number of aliphatic hydroxyl groups is 4. The number of allylic oxidation sites excluding steroid dienone is 8. The fraction of sp³-hybridized carbons (Fsp3) is 0.778. The summed E-state index contributed by atoms with van der Waals surface area (Å²) in [7, 11) is 0. The number of hydrogen-bond acceptors (Lipinski definition) is 10. The molecule has 0 bridgehead atoms. The second kappa shape index (κ2) is 36.0. The SMILES string of the molecule is CC/C=C\C/C=C\C/C=C\CCCCCCCC(=O)OC(COC(=O)CCCCCCC/C=C\CCCCCCCC)COC1OC(CO)C(O)C(O)C1O. The topological polar surface area (TPSA) is 152 Å². The van der Waals surface area contributed by atoms with Gasteiger partial charge in [-0.15, -0.1) is 0 Å². The Kier molecular flexibility index (Phi) is 33.2. The van der Waals surface area contributed by atoms with Gasteiger partial charge in [0.1, 0.15) is 31.0 Å². The van der Waals surface area contributed by atoms with Crippen molar-refractivity contribution in [3.8, 4) is 0 Å². The van der Waals surface area contributed by atoms with Crippen molar-refractivity contribution in [2.45, 2.75) is 205 Å². The molecule has 6 atom stereocenters. The number of aliphatic hydroxyl groups excluding tert-OH is 4. The van der Waals surface area contributed by atoms with Gasteiger partial charge in [-0.05, 0) is 70.6 Å². The molecule has 1 heterocycles. The van der Waals surface area contributed by atoms with E-state index in [1.54, 1.807) is 0 Å². The van der Waals surface area contributed by atoms with Crippen molar-refractivity contribution in [1.82, 2.24) is 0 Å². The molecule has 55 heavy (non-hydrogen) atoms. The first kappa shape index (κ1) is 50.7. The van der Waals surface area contributed by atoms with Crippen LogP contribution >= 0.6 is 0 Å². The summed E-state index contributed by atoms with van der Waals surface area (Å²) in [6.45, 7) is 3.27. The molecule has 0 aliphatic carbocycles. The molecular weight excluding hydrogens is 700 g/mol. The summed E-state index contributed by atoms with van der Waals surface area (Å²) in [5.74, 6) is -0.838. The Morgan fingerprint density at radius 1 is 0.582 bits per heavy atom. The van der Waals surface area contributed by atoms with E-state index in [1.165, 1.54) is 44.9 Å². The third kappa shape index (κ3) is 27.8. The lowest BCUT2D eigenvalue weighted by molar-refractivity contribution is -0.305. The molecule has 0 aromatic carbocycles. The normalized spacial score (nSPS) is 21.0. The highest BCUT2D eigenvalue weighted by atomic mass is 16.7. The van der Waals surface area contributed by atoms with E-state index in [0.717, 1.165) is 83.5 Å². The molecule has 0 radical (unpaired) electrons. The largest absolute Gasteiger partial charge is 0.462 e. The third-order valence-corrected chi connectivity index (χ3v) is 9.70. The van der Waals surface area contributed by atoms with Gasteiger partial charge in [0, 0.05) is 12.8 Å². The number of ether oxygens (including phenoxy) is 4. The first-order valence-electron chi connectivity index (χ1n) is 21.7. The summed E-state index contributed by atoms with van der Waals surface area (Å²) in [6.07, 6.45) is 34.0. The van der Waals surface area contributed by atoms with Gasteiger partial charge in [0.2, 0.25) is 0 Å². The molecule has 10 nitrogen and oxygen atoms in total. The van der Waals surface area contributed by atoms with E-state index in [1.807, 2.05) is 0 Å². The van der Waals surface area contributed by atoms with Gasteiger partial charge in [0.15, 0.2) is 12.4 Å². The summed E-state index contributed by atoms with van der Waals surface area (Å²) in [5, 5.41) is 40.0. The first-order valence-corrected chi connectivity index (χ1v) is 21.7. The molecule has 1 aliphatic rings. The molecule has 10 heteroatoms. The molecule has 4 N–H and O–H groups in total. The van der Waals surface area contributed by atoms with Gasteiger partial charge in [0.05, 0.1) is 13.2 Å². The van der Waals surface area contributed by atoms with Crippen LogP contribution in [-0.4, -0.2) is 89.0 Å². The molecule has 1 saturated heterocycles. The van der Waals surface area contributed by atoms with E-state index in [4.69, 9.17) is 18.9 Å². The Labute approximate surface area is 333 Å². The number of carbonyl (C=O) groups is 2. The highest BCUT2D eigenvalue weighted by Crippen LogP contribution is 2.22. The Hall–Kier alpha value is -2.34. The molecule has 1 rings (SSSR count). The molecular formula is C45H78O10. The van der Waals surface area contributed by atoms with Crippen molar-refractivity contribution < 1.29 is 49.0 Å². The van der Waals surface area contributed by atoms with Gasteiger partial charge in [-0.25, -0.2) is 0 Å². The Morgan fingerprint density at radius 2 is 1.07 bits per heavy atom. The number of carbonyl (C=O) groups excluding carboxylic acids is 2. The predicted molar refractivity (Wildman–Crippen MR) is 219 cm³/mol. The second-order valence-electron chi connectivity index (χ2n) is 14.8. The summed E-state index contributed by atoms with van der Waals surface area (Å²) >= 11 is 0. The second-order valence-corrected chi connectivity index (χ2v) is 14.8. The number of unbranched alkanes of at least 4 members (excludes halogenated alkanes) is 16. The molecule has 0 spiro atoms. The zero-order valence-corrected chi connectivity index (χ0v) is 34.4. The minimum atomic E-state index is -1.60.